The zero-order valence-electron chi connectivity index (χ0n) is 20.7. The van der Waals surface area contributed by atoms with Gasteiger partial charge in [0.15, 0.2) is 0 Å². The highest BCUT2D eigenvalue weighted by atomic mass is 16.3. The van der Waals surface area contributed by atoms with Crippen LogP contribution in [0.25, 0.3) is 10.9 Å². The van der Waals surface area contributed by atoms with Gasteiger partial charge in [0.25, 0.3) is 0 Å². The molecular weight excluding hydrogens is 446 g/mol. The topological polar surface area (TPSA) is 57.5 Å². The van der Waals surface area contributed by atoms with E-state index in [9.17, 15) is 9.90 Å². The average Bonchev–Trinajstić information content (AvgIpc) is 3.33. The molecule has 0 saturated carbocycles. The summed E-state index contributed by atoms with van der Waals surface area (Å²) in [6, 6.07) is 26.3. The normalized spacial score (nSPS) is 21.1. The predicted molar refractivity (Wildman–Crippen MR) is 143 cm³/mol. The van der Waals surface area contributed by atoms with Crippen molar-refractivity contribution < 1.29 is 9.90 Å². The second kappa shape index (κ2) is 9.23. The number of aryl methyl sites for hydroxylation is 1. The Bertz CT molecular complexity index is 1390. The summed E-state index contributed by atoms with van der Waals surface area (Å²) in [6.07, 6.45) is 3.68. The summed E-state index contributed by atoms with van der Waals surface area (Å²) in [6.45, 7) is 2.74. The van der Waals surface area contributed by atoms with Gasteiger partial charge in [0.2, 0.25) is 5.91 Å². The highest BCUT2D eigenvalue weighted by molar-refractivity contribution is 5.83. The van der Waals surface area contributed by atoms with Crippen molar-refractivity contribution in [2.45, 2.75) is 43.4 Å². The Hall–Kier alpha value is -3.41. The molecule has 1 amide bonds. The Morgan fingerprint density at radius 1 is 0.972 bits per heavy atom. The number of hydrogen-bond acceptors (Lipinski definition) is 3. The van der Waals surface area contributed by atoms with Crippen LogP contribution in [0.4, 0.5) is 0 Å². The summed E-state index contributed by atoms with van der Waals surface area (Å²) < 4.78 is 2.20. The lowest BCUT2D eigenvalue weighted by molar-refractivity contribution is -0.122. The molecular formula is C31H33N3O2. The number of nitrogens with zero attached hydrogens (tertiary/aromatic N) is 2. The largest absolute Gasteiger partial charge is 0.390 e. The van der Waals surface area contributed by atoms with Crippen LogP contribution in [0.5, 0.6) is 0 Å². The van der Waals surface area contributed by atoms with Gasteiger partial charge >= 0.3 is 0 Å². The SMILES string of the molecule is Cn1cc(CN2CCC3(CC2)c2ccccc2[C@@H](NC(=O)Cc2ccccc2)[C@@H]3O)c2ccccc21. The first-order chi connectivity index (χ1) is 17.5. The van der Waals surface area contributed by atoms with Gasteiger partial charge < -0.3 is 15.0 Å². The molecule has 0 bridgehead atoms. The first-order valence-electron chi connectivity index (χ1n) is 12.9. The summed E-state index contributed by atoms with van der Waals surface area (Å²) in [4.78, 5) is 15.4. The molecule has 0 radical (unpaired) electrons. The minimum absolute atomic E-state index is 0.0505. The number of para-hydroxylation sites is 1. The van der Waals surface area contributed by atoms with Gasteiger partial charge in [0, 0.05) is 36.1 Å². The molecule has 1 aromatic heterocycles. The van der Waals surface area contributed by atoms with Crippen molar-refractivity contribution in [1.29, 1.82) is 0 Å². The molecule has 1 saturated heterocycles. The van der Waals surface area contributed by atoms with Crippen molar-refractivity contribution >= 4 is 16.8 Å². The molecule has 1 fully saturated rings. The number of aliphatic hydroxyl groups excluding tert-OH is 1. The van der Waals surface area contributed by atoms with Crippen molar-refractivity contribution in [2.75, 3.05) is 13.1 Å². The summed E-state index contributed by atoms with van der Waals surface area (Å²) in [5.74, 6) is -0.0505. The third kappa shape index (κ3) is 3.93. The zero-order chi connectivity index (χ0) is 24.7. The van der Waals surface area contributed by atoms with Crippen molar-refractivity contribution in [1.82, 2.24) is 14.8 Å². The van der Waals surface area contributed by atoms with Gasteiger partial charge in [-0.3, -0.25) is 9.69 Å². The molecule has 184 valence electrons. The number of aromatic nitrogens is 1. The Kier molecular flexibility index (Phi) is 5.90. The van der Waals surface area contributed by atoms with Gasteiger partial charge in [-0.1, -0.05) is 72.8 Å². The van der Waals surface area contributed by atoms with Crippen LogP contribution in [0.3, 0.4) is 0 Å². The molecule has 0 unspecified atom stereocenters. The first-order valence-corrected chi connectivity index (χ1v) is 12.9. The maximum absolute atomic E-state index is 12.9. The Balaban J connectivity index is 1.19. The van der Waals surface area contributed by atoms with E-state index in [4.69, 9.17) is 0 Å². The second-order valence-corrected chi connectivity index (χ2v) is 10.5. The zero-order valence-corrected chi connectivity index (χ0v) is 20.7. The lowest BCUT2D eigenvalue weighted by Gasteiger charge is -2.42. The number of amides is 1. The molecule has 5 nitrogen and oxygen atoms in total. The minimum Gasteiger partial charge on any atom is -0.390 e. The van der Waals surface area contributed by atoms with Crippen molar-refractivity contribution in [3.63, 3.8) is 0 Å². The third-order valence-corrected chi connectivity index (χ3v) is 8.36. The van der Waals surface area contributed by atoms with Gasteiger partial charge in [0.1, 0.15) is 0 Å². The quantitative estimate of drug-likeness (QED) is 0.444. The van der Waals surface area contributed by atoms with E-state index >= 15 is 0 Å². The Morgan fingerprint density at radius 3 is 2.47 bits per heavy atom. The fourth-order valence-corrected chi connectivity index (χ4v) is 6.50. The van der Waals surface area contributed by atoms with E-state index in [-0.39, 0.29) is 17.4 Å². The fraction of sp³-hybridized carbons (Fsp3) is 0.323. The van der Waals surface area contributed by atoms with Crippen LogP contribution in [0.15, 0.2) is 85.1 Å². The molecule has 2 aliphatic rings. The molecule has 1 spiro atoms. The predicted octanol–water partition coefficient (Wildman–Crippen LogP) is 4.49. The summed E-state index contributed by atoms with van der Waals surface area (Å²) >= 11 is 0. The van der Waals surface area contributed by atoms with E-state index in [1.807, 2.05) is 36.4 Å². The minimum atomic E-state index is -0.630. The molecule has 36 heavy (non-hydrogen) atoms. The van der Waals surface area contributed by atoms with Crippen LogP contribution in [0.2, 0.25) is 0 Å². The van der Waals surface area contributed by atoms with Gasteiger partial charge in [-0.15, -0.1) is 0 Å². The first kappa shape index (κ1) is 23.0. The van der Waals surface area contributed by atoms with E-state index in [1.165, 1.54) is 22.0 Å². The Morgan fingerprint density at radius 2 is 1.67 bits per heavy atom. The van der Waals surface area contributed by atoms with Gasteiger partial charge in [-0.25, -0.2) is 0 Å². The number of benzene rings is 3. The third-order valence-electron chi connectivity index (χ3n) is 8.36. The highest BCUT2D eigenvalue weighted by Gasteiger charge is 2.52. The number of carbonyl (C=O) groups excluding carboxylic acids is 1. The molecule has 1 aliphatic heterocycles. The lowest BCUT2D eigenvalue weighted by Crippen LogP contribution is -2.49. The molecule has 1 aliphatic carbocycles. The molecule has 3 aromatic carbocycles. The number of hydrogen-bond donors (Lipinski definition) is 2. The maximum atomic E-state index is 12.9. The average molecular weight is 480 g/mol. The van der Waals surface area contributed by atoms with E-state index in [2.05, 4.69) is 70.5 Å². The van der Waals surface area contributed by atoms with Gasteiger partial charge in [-0.2, -0.15) is 0 Å². The maximum Gasteiger partial charge on any atom is 0.224 e. The summed E-state index contributed by atoms with van der Waals surface area (Å²) in [5, 5.41) is 16.2. The molecule has 2 atom stereocenters. The second-order valence-electron chi connectivity index (χ2n) is 10.5. The Labute approximate surface area is 212 Å². The molecule has 2 N–H and O–H groups in total. The monoisotopic (exact) mass is 479 g/mol. The van der Waals surface area contributed by atoms with Crippen LogP contribution >= 0.6 is 0 Å². The van der Waals surface area contributed by atoms with Crippen molar-refractivity contribution in [2.24, 2.45) is 7.05 Å². The van der Waals surface area contributed by atoms with Crippen LogP contribution in [-0.4, -0.2) is 39.7 Å². The van der Waals surface area contributed by atoms with E-state index < -0.39 is 6.10 Å². The summed E-state index contributed by atoms with van der Waals surface area (Å²) in [7, 11) is 2.11. The number of piperidine rings is 1. The van der Waals surface area contributed by atoms with E-state index in [1.54, 1.807) is 0 Å². The number of rotatable bonds is 5. The van der Waals surface area contributed by atoms with Crippen LogP contribution in [0, 0.1) is 0 Å². The van der Waals surface area contributed by atoms with E-state index in [0.29, 0.717) is 6.42 Å². The number of fused-ring (bicyclic) bond motifs is 3. The van der Waals surface area contributed by atoms with Crippen LogP contribution in [0.1, 0.15) is 41.1 Å². The van der Waals surface area contributed by atoms with Gasteiger partial charge in [0.05, 0.1) is 18.6 Å². The summed E-state index contributed by atoms with van der Waals surface area (Å²) in [5.41, 5.74) is 5.53. The highest BCUT2D eigenvalue weighted by Crippen LogP contribution is 2.51. The molecule has 5 heteroatoms. The standard InChI is InChI=1S/C31H33N3O2/c1-33-20-23(24-11-6-8-14-27(24)33)21-34-17-15-31(16-18-34)26-13-7-5-12-25(26)29(30(31)36)32-28(35)19-22-9-3-2-4-10-22/h2-14,20,29-30,36H,15-19,21H2,1H3,(H,32,35)/t29-,30+/m1/s1. The lowest BCUT2D eigenvalue weighted by atomic mass is 9.72. The smallest absolute Gasteiger partial charge is 0.224 e. The van der Waals surface area contributed by atoms with Crippen LogP contribution in [-0.2, 0) is 30.2 Å². The van der Waals surface area contributed by atoms with Crippen molar-refractivity contribution in [3.8, 4) is 0 Å². The van der Waals surface area contributed by atoms with Crippen LogP contribution < -0.4 is 5.32 Å². The number of likely N-dealkylation sites (tertiary alicyclic amines) is 1. The van der Waals surface area contributed by atoms with Gasteiger partial charge in [-0.05, 0) is 54.3 Å². The van der Waals surface area contributed by atoms with E-state index in [0.717, 1.165) is 43.6 Å². The number of carbonyl (C=O) groups is 1. The number of nitrogens with one attached hydrogen (secondary N) is 1. The molecule has 4 aromatic rings. The van der Waals surface area contributed by atoms with Crippen molar-refractivity contribution in [3.05, 3.63) is 107 Å². The number of aliphatic hydroxyl groups is 1. The molecule has 6 rings (SSSR count). The fourth-order valence-electron chi connectivity index (χ4n) is 6.50. The molecule has 2 heterocycles.